The number of ether oxygens (including phenoxy) is 2. The van der Waals surface area contributed by atoms with Gasteiger partial charge in [0.05, 0.1) is 19.3 Å². The molecule has 2 aromatic carbocycles. The molecule has 0 N–H and O–H groups in total. The van der Waals surface area contributed by atoms with Gasteiger partial charge < -0.3 is 14.4 Å². The average Bonchev–Trinajstić information content (AvgIpc) is 3.49. The number of nitrogens with zero attached hydrogens (tertiary/aromatic N) is 3. The number of methoxy groups -OCH3 is 1. The van der Waals surface area contributed by atoms with Gasteiger partial charge in [-0.05, 0) is 62.3 Å². The van der Waals surface area contributed by atoms with Crippen LogP contribution in [0.15, 0.2) is 48.5 Å². The van der Waals surface area contributed by atoms with Crippen molar-refractivity contribution in [1.29, 1.82) is 0 Å². The Morgan fingerprint density at radius 1 is 0.971 bits per heavy atom. The number of amides is 1. The molecule has 2 aliphatic rings. The molecular weight excluding hydrogens is 440 g/mol. The van der Waals surface area contributed by atoms with Gasteiger partial charge in [0.25, 0.3) is 5.91 Å². The zero-order valence-electron chi connectivity index (χ0n) is 18.9. The van der Waals surface area contributed by atoms with E-state index in [1.807, 2.05) is 12.1 Å². The van der Waals surface area contributed by atoms with E-state index in [0.717, 1.165) is 37.3 Å². The number of carbonyl (C=O) groups is 1. The molecule has 0 spiro atoms. The van der Waals surface area contributed by atoms with E-state index in [1.165, 1.54) is 18.9 Å². The van der Waals surface area contributed by atoms with Gasteiger partial charge in [0.1, 0.15) is 12.3 Å². The first-order chi connectivity index (χ1) is 16.5. The molecule has 1 amide bonds. The standard InChI is InChI=1S/C26H25F2N3O3/c1-33-24-15-19(6-9-23(24)34-13-12-30-10-2-3-11-30)31-16-18-5-8-22(29-25(18)26(31)32)17-4-7-20(27)21(28)14-17/h4-9,14-15H,2-3,10-13,16H2,1H3. The number of halogens is 2. The number of fused-ring (bicyclic) bond motifs is 1. The third kappa shape index (κ3) is 4.33. The molecule has 6 nitrogen and oxygen atoms in total. The minimum Gasteiger partial charge on any atom is -0.493 e. The lowest BCUT2D eigenvalue weighted by Crippen LogP contribution is -2.25. The fraction of sp³-hybridized carbons (Fsp3) is 0.308. The summed E-state index contributed by atoms with van der Waals surface area (Å²) in [6, 6.07) is 12.5. The first-order valence-electron chi connectivity index (χ1n) is 11.3. The average molecular weight is 466 g/mol. The minimum absolute atomic E-state index is 0.260. The van der Waals surface area contributed by atoms with E-state index in [-0.39, 0.29) is 5.91 Å². The van der Waals surface area contributed by atoms with Crippen LogP contribution in [-0.2, 0) is 6.54 Å². The Bertz CT molecular complexity index is 1230. The number of carbonyl (C=O) groups excluding carboxylic acids is 1. The van der Waals surface area contributed by atoms with Crippen LogP contribution in [0.25, 0.3) is 11.3 Å². The zero-order valence-corrected chi connectivity index (χ0v) is 18.9. The van der Waals surface area contributed by atoms with Crippen LogP contribution in [0.2, 0.25) is 0 Å². The highest BCUT2D eigenvalue weighted by Gasteiger charge is 2.31. The second kappa shape index (κ2) is 9.38. The number of hydrogen-bond acceptors (Lipinski definition) is 5. The normalized spacial score (nSPS) is 15.6. The van der Waals surface area contributed by atoms with Crippen molar-refractivity contribution >= 4 is 11.6 Å². The van der Waals surface area contributed by atoms with Crippen LogP contribution >= 0.6 is 0 Å². The SMILES string of the molecule is COc1cc(N2Cc3ccc(-c4ccc(F)c(F)c4)nc3C2=O)ccc1OCCN1CCCC1. The van der Waals surface area contributed by atoms with Crippen molar-refractivity contribution < 1.29 is 23.0 Å². The number of rotatable bonds is 7. The van der Waals surface area contributed by atoms with E-state index >= 15 is 0 Å². The molecule has 2 aliphatic heterocycles. The molecule has 8 heteroatoms. The van der Waals surface area contributed by atoms with E-state index < -0.39 is 11.6 Å². The van der Waals surface area contributed by atoms with Crippen molar-refractivity contribution in [3.8, 4) is 22.8 Å². The maximum atomic E-state index is 13.7. The molecule has 1 saturated heterocycles. The Labute approximate surface area is 196 Å². The highest BCUT2D eigenvalue weighted by molar-refractivity contribution is 6.09. The van der Waals surface area contributed by atoms with Gasteiger partial charge in [0.15, 0.2) is 23.1 Å². The maximum absolute atomic E-state index is 13.7. The number of benzene rings is 2. The van der Waals surface area contributed by atoms with Gasteiger partial charge >= 0.3 is 0 Å². The van der Waals surface area contributed by atoms with Crippen LogP contribution in [-0.4, -0.2) is 49.1 Å². The molecule has 1 fully saturated rings. The summed E-state index contributed by atoms with van der Waals surface area (Å²) >= 11 is 0. The summed E-state index contributed by atoms with van der Waals surface area (Å²) in [5.41, 5.74) is 2.55. The number of anilines is 1. The fourth-order valence-electron chi connectivity index (χ4n) is 4.43. The Morgan fingerprint density at radius 3 is 2.56 bits per heavy atom. The number of pyridine rings is 1. The summed E-state index contributed by atoms with van der Waals surface area (Å²) in [6.45, 7) is 4.03. The van der Waals surface area contributed by atoms with Gasteiger partial charge in [-0.25, -0.2) is 13.8 Å². The summed E-state index contributed by atoms with van der Waals surface area (Å²) in [5.74, 6) is -0.956. The molecule has 0 unspecified atom stereocenters. The molecule has 176 valence electrons. The number of likely N-dealkylation sites (tertiary alicyclic amines) is 1. The molecule has 1 aromatic heterocycles. The van der Waals surface area contributed by atoms with Gasteiger partial charge in [-0.3, -0.25) is 9.69 Å². The van der Waals surface area contributed by atoms with E-state index in [2.05, 4.69) is 9.88 Å². The highest BCUT2D eigenvalue weighted by Crippen LogP contribution is 2.35. The largest absolute Gasteiger partial charge is 0.493 e. The molecule has 34 heavy (non-hydrogen) atoms. The molecule has 3 heterocycles. The van der Waals surface area contributed by atoms with Crippen molar-refractivity contribution in [1.82, 2.24) is 9.88 Å². The van der Waals surface area contributed by atoms with E-state index in [0.29, 0.717) is 47.3 Å². The lowest BCUT2D eigenvalue weighted by atomic mass is 10.1. The number of aromatic nitrogens is 1. The fourth-order valence-corrected chi connectivity index (χ4v) is 4.43. The van der Waals surface area contributed by atoms with Gasteiger partial charge in [0, 0.05) is 29.4 Å². The molecule has 5 rings (SSSR count). The Balaban J connectivity index is 1.33. The summed E-state index contributed by atoms with van der Waals surface area (Å²) in [4.78, 5) is 21.6. The molecule has 0 radical (unpaired) electrons. The molecule has 0 aliphatic carbocycles. The first-order valence-corrected chi connectivity index (χ1v) is 11.3. The topological polar surface area (TPSA) is 54.9 Å². The van der Waals surface area contributed by atoms with Crippen LogP contribution in [0.4, 0.5) is 14.5 Å². The zero-order chi connectivity index (χ0) is 23.7. The predicted octanol–water partition coefficient (Wildman–Crippen LogP) is 4.67. The minimum atomic E-state index is -0.956. The van der Waals surface area contributed by atoms with Gasteiger partial charge in [-0.2, -0.15) is 0 Å². The summed E-state index contributed by atoms with van der Waals surface area (Å²) in [6.07, 6.45) is 2.48. The monoisotopic (exact) mass is 465 g/mol. The van der Waals surface area contributed by atoms with Crippen LogP contribution in [0.3, 0.4) is 0 Å². The molecule has 0 atom stereocenters. The smallest absolute Gasteiger partial charge is 0.277 e. The molecule has 3 aromatic rings. The quantitative estimate of drug-likeness (QED) is 0.508. The predicted molar refractivity (Wildman–Crippen MR) is 124 cm³/mol. The van der Waals surface area contributed by atoms with Gasteiger partial charge in [0.2, 0.25) is 0 Å². The first kappa shape index (κ1) is 22.3. The van der Waals surface area contributed by atoms with E-state index in [4.69, 9.17) is 9.47 Å². The molecular formula is C26H25F2N3O3. The molecule has 0 saturated carbocycles. The van der Waals surface area contributed by atoms with Gasteiger partial charge in [-0.1, -0.05) is 6.07 Å². The summed E-state index contributed by atoms with van der Waals surface area (Å²) in [5, 5.41) is 0. The van der Waals surface area contributed by atoms with Crippen LogP contribution in [0, 0.1) is 11.6 Å². The van der Waals surface area contributed by atoms with E-state index in [1.54, 1.807) is 30.2 Å². The Hall–Kier alpha value is -3.52. The second-order valence-corrected chi connectivity index (χ2v) is 8.46. The van der Waals surface area contributed by atoms with Crippen molar-refractivity contribution in [2.24, 2.45) is 0 Å². The van der Waals surface area contributed by atoms with Gasteiger partial charge in [-0.15, -0.1) is 0 Å². The Morgan fingerprint density at radius 2 is 1.79 bits per heavy atom. The lowest BCUT2D eigenvalue weighted by molar-refractivity contribution is 0.0992. The second-order valence-electron chi connectivity index (χ2n) is 8.46. The third-order valence-corrected chi connectivity index (χ3v) is 6.29. The number of hydrogen-bond donors (Lipinski definition) is 0. The highest BCUT2D eigenvalue weighted by atomic mass is 19.2. The van der Waals surface area contributed by atoms with Crippen molar-refractivity contribution in [2.75, 3.05) is 38.3 Å². The molecule has 0 bridgehead atoms. The van der Waals surface area contributed by atoms with Crippen molar-refractivity contribution in [2.45, 2.75) is 19.4 Å². The van der Waals surface area contributed by atoms with E-state index in [9.17, 15) is 13.6 Å². The van der Waals surface area contributed by atoms with Crippen LogP contribution < -0.4 is 14.4 Å². The third-order valence-electron chi connectivity index (χ3n) is 6.29. The van der Waals surface area contributed by atoms with Crippen molar-refractivity contribution in [3.05, 3.63) is 71.4 Å². The summed E-state index contributed by atoms with van der Waals surface area (Å²) < 4.78 is 38.4. The van der Waals surface area contributed by atoms with Crippen LogP contribution in [0.5, 0.6) is 11.5 Å². The Kier molecular flexibility index (Phi) is 6.15. The van der Waals surface area contributed by atoms with Crippen LogP contribution in [0.1, 0.15) is 28.9 Å². The maximum Gasteiger partial charge on any atom is 0.277 e. The van der Waals surface area contributed by atoms with Crippen molar-refractivity contribution in [3.63, 3.8) is 0 Å². The lowest BCUT2D eigenvalue weighted by Gasteiger charge is -2.19. The summed E-state index contributed by atoms with van der Waals surface area (Å²) in [7, 11) is 1.57.